The number of carbonyl (C=O) groups is 1. The molecule has 1 unspecified atom stereocenters. The molecule has 2 rings (SSSR count). The maximum Gasteiger partial charge on any atom is 0.407 e. The van der Waals surface area contributed by atoms with Gasteiger partial charge in [0.1, 0.15) is 4.90 Å². The number of nitrogens with two attached hydrogens (primary N) is 1. The van der Waals surface area contributed by atoms with Crippen LogP contribution in [0, 0.1) is 6.92 Å². The highest BCUT2D eigenvalue weighted by Gasteiger charge is 2.34. The molecule has 1 saturated heterocycles. The maximum atomic E-state index is 12.6. The predicted molar refractivity (Wildman–Crippen MR) is 78.3 cm³/mol. The Morgan fingerprint density at radius 1 is 1.48 bits per heavy atom. The fraction of sp³-hybridized carbons (Fsp3) is 0.462. The molecule has 1 amide bonds. The largest absolute Gasteiger partial charge is 0.453 e. The molecule has 1 aliphatic rings. The molecule has 1 atom stereocenters. The lowest BCUT2D eigenvalue weighted by Crippen LogP contribution is -2.38. The van der Waals surface area contributed by atoms with E-state index >= 15 is 0 Å². The predicted octanol–water partition coefficient (Wildman–Crippen LogP) is 0.696. The Labute approximate surface area is 124 Å². The van der Waals surface area contributed by atoms with E-state index in [1.165, 1.54) is 17.5 Å². The van der Waals surface area contributed by atoms with Gasteiger partial charge in [-0.2, -0.15) is 4.31 Å². The second kappa shape index (κ2) is 5.90. The van der Waals surface area contributed by atoms with E-state index in [1.54, 1.807) is 12.1 Å². The normalized spacial score (nSPS) is 19.4. The first-order valence-electron chi connectivity index (χ1n) is 6.55. The maximum absolute atomic E-state index is 12.6. The highest BCUT2D eigenvalue weighted by molar-refractivity contribution is 7.89. The second-order valence-corrected chi connectivity index (χ2v) is 6.93. The molecule has 8 heteroatoms. The quantitative estimate of drug-likeness (QED) is 0.800. The number of sulfonamides is 1. The highest BCUT2D eigenvalue weighted by Crippen LogP contribution is 2.26. The molecule has 0 aromatic heterocycles. The molecule has 0 bridgehead atoms. The van der Waals surface area contributed by atoms with Gasteiger partial charge in [-0.3, -0.25) is 0 Å². The van der Waals surface area contributed by atoms with Crippen molar-refractivity contribution in [2.24, 2.45) is 0 Å². The van der Waals surface area contributed by atoms with Crippen LogP contribution in [-0.2, 0) is 14.8 Å². The van der Waals surface area contributed by atoms with Crippen molar-refractivity contribution in [1.82, 2.24) is 9.62 Å². The van der Waals surface area contributed by atoms with E-state index in [1.807, 2.05) is 6.92 Å². The van der Waals surface area contributed by atoms with Gasteiger partial charge >= 0.3 is 6.09 Å². The first-order chi connectivity index (χ1) is 9.84. The van der Waals surface area contributed by atoms with Gasteiger partial charge in [-0.15, -0.1) is 0 Å². The number of nitrogens with one attached hydrogen (secondary N) is 1. The van der Waals surface area contributed by atoms with Crippen LogP contribution >= 0.6 is 0 Å². The van der Waals surface area contributed by atoms with Gasteiger partial charge in [-0.05, 0) is 31.0 Å². The minimum absolute atomic E-state index is 0.104. The van der Waals surface area contributed by atoms with Crippen LogP contribution in [0.25, 0.3) is 0 Å². The van der Waals surface area contributed by atoms with E-state index in [0.717, 1.165) is 5.56 Å². The van der Waals surface area contributed by atoms with Gasteiger partial charge in [0.25, 0.3) is 0 Å². The summed E-state index contributed by atoms with van der Waals surface area (Å²) in [6.07, 6.45) is -0.0193. The molecule has 1 aliphatic heterocycles. The zero-order chi connectivity index (χ0) is 15.6. The lowest BCUT2D eigenvalue weighted by atomic mass is 10.2. The van der Waals surface area contributed by atoms with Crippen molar-refractivity contribution in [3.63, 3.8) is 0 Å². The van der Waals surface area contributed by atoms with Crippen molar-refractivity contribution >= 4 is 21.8 Å². The van der Waals surface area contributed by atoms with Crippen LogP contribution in [0.5, 0.6) is 0 Å². The summed E-state index contributed by atoms with van der Waals surface area (Å²) in [7, 11) is -2.38. The first kappa shape index (κ1) is 15.6. The fourth-order valence-electron chi connectivity index (χ4n) is 2.33. The number of methoxy groups -OCH3 is 1. The Morgan fingerprint density at radius 3 is 2.81 bits per heavy atom. The summed E-state index contributed by atoms with van der Waals surface area (Å²) in [6, 6.07) is 4.61. The van der Waals surface area contributed by atoms with Gasteiger partial charge < -0.3 is 15.8 Å². The summed E-state index contributed by atoms with van der Waals surface area (Å²) < 4.78 is 31.0. The van der Waals surface area contributed by atoms with Gasteiger partial charge in [0.05, 0.1) is 12.8 Å². The lowest BCUT2D eigenvalue weighted by molar-refractivity contribution is 0.167. The standard InChI is InChI=1S/C13H19N3O4S/c1-9-3-4-12(11(14)7-9)21(18,19)16-6-5-10(8-16)15-13(17)20-2/h3-4,7,10H,5-6,8,14H2,1-2H3,(H,15,17). The van der Waals surface area contributed by atoms with Crippen molar-refractivity contribution in [1.29, 1.82) is 0 Å². The number of nitrogens with zero attached hydrogens (tertiary/aromatic N) is 1. The highest BCUT2D eigenvalue weighted by atomic mass is 32.2. The van der Waals surface area contributed by atoms with E-state index in [9.17, 15) is 13.2 Å². The summed E-state index contributed by atoms with van der Waals surface area (Å²) >= 11 is 0. The third kappa shape index (κ3) is 3.27. The van der Waals surface area contributed by atoms with Gasteiger partial charge in [0, 0.05) is 19.1 Å². The Kier molecular flexibility index (Phi) is 4.38. The summed E-state index contributed by atoms with van der Waals surface area (Å²) in [6.45, 7) is 2.40. The number of ether oxygens (including phenoxy) is 1. The smallest absolute Gasteiger partial charge is 0.407 e. The summed E-state index contributed by atoms with van der Waals surface area (Å²) in [5, 5.41) is 2.61. The zero-order valence-corrected chi connectivity index (χ0v) is 12.8. The number of aryl methyl sites for hydroxylation is 1. The molecule has 3 N–H and O–H groups in total. The van der Waals surface area contributed by atoms with Crippen molar-refractivity contribution in [3.05, 3.63) is 23.8 Å². The van der Waals surface area contributed by atoms with E-state index in [0.29, 0.717) is 13.0 Å². The summed E-state index contributed by atoms with van der Waals surface area (Å²) in [5.41, 5.74) is 6.95. The van der Waals surface area contributed by atoms with E-state index < -0.39 is 16.1 Å². The van der Waals surface area contributed by atoms with Crippen LogP contribution in [0.2, 0.25) is 0 Å². The average molecular weight is 313 g/mol. The van der Waals surface area contributed by atoms with Gasteiger partial charge in [-0.1, -0.05) is 6.07 Å². The van der Waals surface area contributed by atoms with E-state index in [2.05, 4.69) is 10.1 Å². The lowest BCUT2D eigenvalue weighted by Gasteiger charge is -2.18. The monoisotopic (exact) mass is 313 g/mol. The summed E-state index contributed by atoms with van der Waals surface area (Å²) in [5.74, 6) is 0. The molecule has 1 fully saturated rings. The number of alkyl carbamates (subject to hydrolysis) is 1. The molecule has 0 saturated carbocycles. The molecule has 0 aliphatic carbocycles. The van der Waals surface area contributed by atoms with Crippen LogP contribution in [0.1, 0.15) is 12.0 Å². The van der Waals surface area contributed by atoms with Crippen LogP contribution in [0.15, 0.2) is 23.1 Å². The third-order valence-corrected chi connectivity index (χ3v) is 5.38. The second-order valence-electron chi connectivity index (χ2n) is 5.03. The van der Waals surface area contributed by atoms with Crippen LogP contribution < -0.4 is 11.1 Å². The molecule has 0 spiro atoms. The number of amides is 1. The number of hydrogen-bond acceptors (Lipinski definition) is 5. The van der Waals surface area contributed by atoms with Gasteiger partial charge in [0.2, 0.25) is 10.0 Å². The Hall–Kier alpha value is -1.80. The minimum Gasteiger partial charge on any atom is -0.453 e. The average Bonchev–Trinajstić information content (AvgIpc) is 2.87. The van der Waals surface area contributed by atoms with Crippen molar-refractivity contribution in [3.8, 4) is 0 Å². The van der Waals surface area contributed by atoms with Crippen LogP contribution in [0.4, 0.5) is 10.5 Å². The third-order valence-electron chi connectivity index (χ3n) is 3.44. The fourth-order valence-corrected chi connectivity index (χ4v) is 3.93. The minimum atomic E-state index is -3.65. The molecular weight excluding hydrogens is 294 g/mol. The van der Waals surface area contributed by atoms with Crippen LogP contribution in [0.3, 0.4) is 0 Å². The Balaban J connectivity index is 2.16. The first-order valence-corrected chi connectivity index (χ1v) is 7.99. The van der Waals surface area contributed by atoms with Crippen LogP contribution in [-0.4, -0.2) is 45.1 Å². The molecule has 7 nitrogen and oxygen atoms in total. The molecule has 1 heterocycles. The van der Waals surface area contributed by atoms with E-state index in [4.69, 9.17) is 5.73 Å². The molecular formula is C13H19N3O4S. The number of hydrogen-bond donors (Lipinski definition) is 2. The molecule has 21 heavy (non-hydrogen) atoms. The topological polar surface area (TPSA) is 102 Å². The molecule has 1 aromatic rings. The Bertz CT molecular complexity index is 645. The summed E-state index contributed by atoms with van der Waals surface area (Å²) in [4.78, 5) is 11.3. The van der Waals surface area contributed by atoms with Gasteiger partial charge in [-0.25, -0.2) is 13.2 Å². The molecule has 116 valence electrons. The molecule has 0 radical (unpaired) electrons. The van der Waals surface area contributed by atoms with E-state index in [-0.39, 0.29) is 23.2 Å². The number of nitrogen functional groups attached to an aromatic ring is 1. The zero-order valence-electron chi connectivity index (χ0n) is 12.0. The number of rotatable bonds is 3. The number of carbonyl (C=O) groups excluding carboxylic acids is 1. The van der Waals surface area contributed by atoms with Gasteiger partial charge in [0.15, 0.2) is 0 Å². The van der Waals surface area contributed by atoms with Crippen molar-refractivity contribution < 1.29 is 17.9 Å². The Morgan fingerprint density at radius 2 is 2.19 bits per heavy atom. The number of benzene rings is 1. The number of anilines is 1. The SMILES string of the molecule is COC(=O)NC1CCN(S(=O)(=O)c2ccc(C)cc2N)C1. The van der Waals surface area contributed by atoms with Crippen molar-refractivity contribution in [2.75, 3.05) is 25.9 Å². The van der Waals surface area contributed by atoms with Crippen molar-refractivity contribution in [2.45, 2.75) is 24.3 Å². The molecule has 1 aromatic carbocycles.